The number of ketones is 4. The number of amides is 2. The minimum Gasteiger partial charge on any atom is -0.507 e. The molecule has 220 valence electrons. The van der Waals surface area contributed by atoms with E-state index in [1.807, 2.05) is 6.92 Å². The van der Waals surface area contributed by atoms with Crippen molar-refractivity contribution in [2.24, 2.45) is 41.2 Å². The number of phenolic OH excluding ortho intramolecular Hbond substituents is 1. The second-order valence-electron chi connectivity index (χ2n) is 11.8. The molecule has 0 radical (unpaired) electrons. The van der Waals surface area contributed by atoms with E-state index in [9.17, 15) is 39.0 Å². The molecule has 11 nitrogen and oxygen atoms in total. The Morgan fingerprint density at radius 2 is 1.88 bits per heavy atom. The van der Waals surface area contributed by atoms with Crippen molar-refractivity contribution in [1.29, 1.82) is 0 Å². The van der Waals surface area contributed by atoms with E-state index >= 15 is 0 Å². The van der Waals surface area contributed by atoms with Crippen LogP contribution in [0.15, 0.2) is 30.6 Å². The fraction of sp³-hybridized carbons (Fsp3) is 0.452. The van der Waals surface area contributed by atoms with Crippen molar-refractivity contribution in [3.63, 3.8) is 0 Å². The predicted octanol–water partition coefficient (Wildman–Crippen LogP) is 1.10. The standard InChI is InChI=1S/C31H33N3O8/c1-4-14-8-17(12-34-30(41)15-6-5-7-33-11-15)24(35)22-18(14)9-16-10-19-20(13(2)3)25(36)23(29(32)40)28(39)31(19,42)27(38)21(16)26(22)37/h5-8,11,13,16,19-21,23,35,42H,4,9-10,12H2,1-3H3,(H2,32,40)(H,34,41)/t16-,19-,20-,21?,23?,31-/m0/s1. The molecule has 1 aromatic heterocycles. The number of nitrogens with one attached hydrogen (secondary N) is 1. The average molecular weight is 576 g/mol. The number of phenols is 1. The number of aliphatic hydroxyl groups is 1. The molecule has 1 heterocycles. The maximum atomic E-state index is 14.0. The Labute approximate surface area is 241 Å². The molecule has 0 saturated heterocycles. The molecule has 3 aliphatic rings. The number of rotatable bonds is 6. The Kier molecular flexibility index (Phi) is 7.34. The Morgan fingerprint density at radius 1 is 1.17 bits per heavy atom. The summed E-state index contributed by atoms with van der Waals surface area (Å²) < 4.78 is 0. The van der Waals surface area contributed by atoms with Gasteiger partial charge in [0, 0.05) is 36.3 Å². The zero-order valence-electron chi connectivity index (χ0n) is 23.5. The summed E-state index contributed by atoms with van der Waals surface area (Å²) in [5.41, 5.74) is 4.44. The highest BCUT2D eigenvalue weighted by Crippen LogP contribution is 2.53. The topological polar surface area (TPSA) is 194 Å². The third kappa shape index (κ3) is 4.25. The van der Waals surface area contributed by atoms with E-state index < -0.39 is 76.1 Å². The number of aromatic hydroxyl groups is 1. The highest BCUT2D eigenvalue weighted by molar-refractivity contribution is 6.32. The molecule has 11 heteroatoms. The number of aromatic nitrogens is 1. The van der Waals surface area contributed by atoms with Crippen LogP contribution in [0.4, 0.5) is 0 Å². The number of benzene rings is 1. The molecular formula is C31H33N3O8. The summed E-state index contributed by atoms with van der Waals surface area (Å²) in [5, 5.41) is 25.7. The number of primary amides is 1. The van der Waals surface area contributed by atoms with Gasteiger partial charge in [-0.3, -0.25) is 33.8 Å². The van der Waals surface area contributed by atoms with Crippen molar-refractivity contribution >= 4 is 34.9 Å². The first-order chi connectivity index (χ1) is 19.8. The summed E-state index contributed by atoms with van der Waals surface area (Å²) in [6.07, 6.45) is 3.64. The van der Waals surface area contributed by atoms with Gasteiger partial charge in [0.25, 0.3) is 5.91 Å². The number of Topliss-reactive ketones (excluding diaryl/α,β-unsaturated/α-hetero) is 4. The van der Waals surface area contributed by atoms with Crippen LogP contribution in [0.1, 0.15) is 64.6 Å². The van der Waals surface area contributed by atoms with Gasteiger partial charge in [0.2, 0.25) is 5.91 Å². The number of hydrogen-bond acceptors (Lipinski definition) is 9. The number of hydrogen-bond donors (Lipinski definition) is 4. The lowest BCUT2D eigenvalue weighted by Gasteiger charge is -2.52. The van der Waals surface area contributed by atoms with Gasteiger partial charge >= 0.3 is 0 Å². The van der Waals surface area contributed by atoms with Crippen molar-refractivity contribution < 1.29 is 39.0 Å². The van der Waals surface area contributed by atoms with Gasteiger partial charge in [0.1, 0.15) is 5.75 Å². The summed E-state index contributed by atoms with van der Waals surface area (Å²) in [5.74, 6) is -12.5. The quantitative estimate of drug-likeness (QED) is 0.365. The molecular weight excluding hydrogens is 542 g/mol. The molecule has 3 aliphatic carbocycles. The van der Waals surface area contributed by atoms with Gasteiger partial charge in [-0.25, -0.2) is 0 Å². The summed E-state index contributed by atoms with van der Waals surface area (Å²) in [6.45, 7) is 5.18. The molecule has 2 aromatic rings. The molecule has 0 aliphatic heterocycles. The predicted molar refractivity (Wildman–Crippen MR) is 147 cm³/mol. The summed E-state index contributed by atoms with van der Waals surface area (Å²) in [6, 6.07) is 4.90. The van der Waals surface area contributed by atoms with Crippen molar-refractivity contribution in [1.82, 2.24) is 10.3 Å². The van der Waals surface area contributed by atoms with Crippen molar-refractivity contribution in [3.05, 3.63) is 58.4 Å². The number of fused-ring (bicyclic) bond motifs is 3. The van der Waals surface area contributed by atoms with E-state index in [1.165, 1.54) is 12.4 Å². The summed E-state index contributed by atoms with van der Waals surface area (Å²) >= 11 is 0. The van der Waals surface area contributed by atoms with Gasteiger partial charge < -0.3 is 21.3 Å². The highest BCUT2D eigenvalue weighted by atomic mass is 16.3. The first kappa shape index (κ1) is 29.2. The van der Waals surface area contributed by atoms with Crippen molar-refractivity contribution in [3.8, 4) is 5.75 Å². The van der Waals surface area contributed by atoms with Crippen LogP contribution in [0.5, 0.6) is 5.75 Å². The van der Waals surface area contributed by atoms with Gasteiger partial charge in [-0.2, -0.15) is 0 Å². The van der Waals surface area contributed by atoms with E-state index in [4.69, 9.17) is 5.73 Å². The molecule has 5 rings (SSSR count). The first-order valence-corrected chi connectivity index (χ1v) is 14.1. The lowest BCUT2D eigenvalue weighted by molar-refractivity contribution is -0.182. The average Bonchev–Trinajstić information content (AvgIpc) is 2.94. The first-order valence-electron chi connectivity index (χ1n) is 14.1. The smallest absolute Gasteiger partial charge is 0.253 e. The molecule has 2 fully saturated rings. The molecule has 2 unspecified atom stereocenters. The van der Waals surface area contributed by atoms with Gasteiger partial charge in [0.05, 0.1) is 17.0 Å². The van der Waals surface area contributed by atoms with Gasteiger partial charge in [-0.15, -0.1) is 0 Å². The van der Waals surface area contributed by atoms with Gasteiger partial charge in [-0.1, -0.05) is 26.8 Å². The highest BCUT2D eigenvalue weighted by Gasteiger charge is 2.69. The van der Waals surface area contributed by atoms with Crippen LogP contribution in [-0.2, 0) is 38.6 Å². The van der Waals surface area contributed by atoms with Crippen LogP contribution in [0.3, 0.4) is 0 Å². The minimum atomic E-state index is -2.74. The molecule has 5 N–H and O–H groups in total. The maximum absolute atomic E-state index is 14.0. The normalized spacial score (nSPS) is 28.6. The zero-order chi connectivity index (χ0) is 30.7. The zero-order valence-corrected chi connectivity index (χ0v) is 23.5. The van der Waals surface area contributed by atoms with Crippen molar-refractivity contribution in [2.75, 3.05) is 0 Å². The van der Waals surface area contributed by atoms with Crippen LogP contribution in [0.2, 0.25) is 0 Å². The monoisotopic (exact) mass is 575 g/mol. The fourth-order valence-electron chi connectivity index (χ4n) is 7.29. The number of nitrogens with zero attached hydrogens (tertiary/aromatic N) is 1. The van der Waals surface area contributed by atoms with Crippen LogP contribution < -0.4 is 11.1 Å². The van der Waals surface area contributed by atoms with Crippen LogP contribution >= 0.6 is 0 Å². The van der Waals surface area contributed by atoms with Crippen LogP contribution in [0.25, 0.3) is 0 Å². The van der Waals surface area contributed by atoms with E-state index in [0.29, 0.717) is 17.5 Å². The molecule has 2 amide bonds. The number of pyridine rings is 1. The van der Waals surface area contributed by atoms with Gasteiger partial charge in [-0.05, 0) is 54.4 Å². The van der Waals surface area contributed by atoms with Crippen LogP contribution in [-0.4, -0.2) is 55.7 Å². The molecule has 0 bridgehead atoms. The van der Waals surface area contributed by atoms with E-state index in [-0.39, 0.29) is 36.3 Å². The number of nitrogens with two attached hydrogens (primary N) is 1. The molecule has 6 atom stereocenters. The molecule has 42 heavy (non-hydrogen) atoms. The van der Waals surface area contributed by atoms with E-state index in [1.54, 1.807) is 32.0 Å². The Morgan fingerprint density at radius 3 is 2.48 bits per heavy atom. The number of aryl methyl sites for hydroxylation is 1. The van der Waals surface area contributed by atoms with E-state index in [2.05, 4.69) is 10.3 Å². The van der Waals surface area contributed by atoms with Crippen molar-refractivity contribution in [2.45, 2.75) is 52.2 Å². The maximum Gasteiger partial charge on any atom is 0.253 e. The summed E-state index contributed by atoms with van der Waals surface area (Å²) in [7, 11) is 0. The third-order valence-corrected chi connectivity index (χ3v) is 9.23. The molecule has 0 spiro atoms. The minimum absolute atomic E-state index is 0.0245. The molecule has 2 saturated carbocycles. The SMILES string of the molecule is CCc1cc(CNC(=O)c2cccnc2)c(O)c2c1C[C@H]1C[C@H]3[C@H](C(C)C)C(=O)C(C(N)=O)C(=O)[C@@]3(O)C(=O)C1C2=O. The number of carbonyl (C=O) groups is 6. The largest absolute Gasteiger partial charge is 0.507 e. The molecule has 1 aromatic carbocycles. The Hall–Kier alpha value is -4.25. The second-order valence-corrected chi connectivity index (χ2v) is 11.8. The number of carbonyl (C=O) groups excluding carboxylic acids is 6. The lowest BCUT2D eigenvalue weighted by atomic mass is 9.49. The van der Waals surface area contributed by atoms with Crippen LogP contribution in [0, 0.1) is 35.5 Å². The fourth-order valence-corrected chi connectivity index (χ4v) is 7.29. The second kappa shape index (κ2) is 10.5. The Balaban J connectivity index is 1.55. The third-order valence-electron chi connectivity index (χ3n) is 9.23. The summed E-state index contributed by atoms with van der Waals surface area (Å²) in [4.78, 5) is 83.4. The Bertz CT molecular complexity index is 1530. The lowest BCUT2D eigenvalue weighted by Crippen LogP contribution is -2.71. The van der Waals surface area contributed by atoms with E-state index in [0.717, 1.165) is 5.56 Å². The van der Waals surface area contributed by atoms with Gasteiger partial charge in [0.15, 0.2) is 34.7 Å².